The zero-order valence-corrected chi connectivity index (χ0v) is 15.2. The van der Waals surface area contributed by atoms with E-state index in [-0.39, 0.29) is 17.9 Å². The highest BCUT2D eigenvalue weighted by Gasteiger charge is 2.25. The molecule has 0 aromatic heterocycles. The standard InChI is InChI=1S/C17H21N3O7/c1-3-26-17(23)19-8-6-18(7-9-19)15(21)11-27-16(22)13-5-4-12(2)14(10-13)20(24)25/h4-5,10H,3,6-9,11H2,1-2H3. The molecule has 146 valence electrons. The molecule has 1 aliphatic heterocycles. The molecular weight excluding hydrogens is 358 g/mol. The maximum atomic E-state index is 12.2. The fraction of sp³-hybridized carbons (Fsp3) is 0.471. The number of hydrogen-bond donors (Lipinski definition) is 0. The third-order valence-electron chi connectivity index (χ3n) is 4.13. The summed E-state index contributed by atoms with van der Waals surface area (Å²) < 4.78 is 9.88. The minimum atomic E-state index is -0.809. The number of nitrogens with zero attached hydrogens (tertiary/aromatic N) is 3. The van der Waals surface area contributed by atoms with Gasteiger partial charge < -0.3 is 19.3 Å². The molecule has 0 unspecified atom stereocenters. The molecule has 1 aromatic carbocycles. The Morgan fingerprint density at radius 2 is 1.74 bits per heavy atom. The van der Waals surface area contributed by atoms with Gasteiger partial charge in [-0.15, -0.1) is 0 Å². The predicted molar refractivity (Wildman–Crippen MR) is 93.3 cm³/mol. The molecule has 0 spiro atoms. The van der Waals surface area contributed by atoms with Crippen LogP contribution >= 0.6 is 0 Å². The Morgan fingerprint density at radius 3 is 2.33 bits per heavy atom. The lowest BCUT2D eigenvalue weighted by molar-refractivity contribution is -0.385. The minimum Gasteiger partial charge on any atom is -0.452 e. The summed E-state index contributed by atoms with van der Waals surface area (Å²) >= 11 is 0. The van der Waals surface area contributed by atoms with Gasteiger partial charge in [-0.05, 0) is 19.9 Å². The zero-order chi connectivity index (χ0) is 20.0. The van der Waals surface area contributed by atoms with E-state index in [1.807, 2.05) is 0 Å². The van der Waals surface area contributed by atoms with E-state index in [4.69, 9.17) is 9.47 Å². The van der Waals surface area contributed by atoms with Crippen LogP contribution in [0.15, 0.2) is 18.2 Å². The van der Waals surface area contributed by atoms with Crippen molar-refractivity contribution in [2.45, 2.75) is 13.8 Å². The molecule has 10 heteroatoms. The molecule has 1 heterocycles. The van der Waals surface area contributed by atoms with Crippen LogP contribution in [0.5, 0.6) is 0 Å². The maximum Gasteiger partial charge on any atom is 0.409 e. The highest BCUT2D eigenvalue weighted by atomic mass is 16.6. The van der Waals surface area contributed by atoms with E-state index >= 15 is 0 Å². The molecule has 1 fully saturated rings. The van der Waals surface area contributed by atoms with Crippen LogP contribution in [0.3, 0.4) is 0 Å². The molecule has 0 aliphatic carbocycles. The highest BCUT2D eigenvalue weighted by molar-refractivity contribution is 5.92. The van der Waals surface area contributed by atoms with E-state index in [1.54, 1.807) is 13.8 Å². The summed E-state index contributed by atoms with van der Waals surface area (Å²) in [6.45, 7) is 4.38. The Labute approximate surface area is 155 Å². The first-order valence-electron chi connectivity index (χ1n) is 8.45. The number of carbonyl (C=O) groups is 3. The Kier molecular flexibility index (Phi) is 6.69. The first-order chi connectivity index (χ1) is 12.8. The van der Waals surface area contributed by atoms with Gasteiger partial charge >= 0.3 is 12.1 Å². The normalized spacial score (nSPS) is 13.9. The lowest BCUT2D eigenvalue weighted by Crippen LogP contribution is -2.51. The molecule has 0 bridgehead atoms. The van der Waals surface area contributed by atoms with Gasteiger partial charge in [0, 0.05) is 37.8 Å². The van der Waals surface area contributed by atoms with E-state index in [9.17, 15) is 24.5 Å². The fourth-order valence-electron chi connectivity index (χ4n) is 2.59. The first-order valence-corrected chi connectivity index (χ1v) is 8.45. The molecular formula is C17H21N3O7. The second-order valence-corrected chi connectivity index (χ2v) is 5.90. The number of nitro groups is 1. The molecule has 27 heavy (non-hydrogen) atoms. The number of amides is 2. The number of benzene rings is 1. The second kappa shape index (κ2) is 8.97. The molecule has 10 nitrogen and oxygen atoms in total. The van der Waals surface area contributed by atoms with Crippen molar-refractivity contribution in [3.05, 3.63) is 39.4 Å². The lowest BCUT2D eigenvalue weighted by Gasteiger charge is -2.33. The molecule has 0 radical (unpaired) electrons. The van der Waals surface area contributed by atoms with Crippen LogP contribution in [0.25, 0.3) is 0 Å². The molecule has 0 saturated carbocycles. The summed E-state index contributed by atoms with van der Waals surface area (Å²) in [6, 6.07) is 3.98. The fourth-order valence-corrected chi connectivity index (χ4v) is 2.59. The number of ether oxygens (including phenoxy) is 2. The molecule has 1 saturated heterocycles. The summed E-state index contributed by atoms with van der Waals surface area (Å²) in [7, 11) is 0. The van der Waals surface area contributed by atoms with Gasteiger partial charge in [-0.1, -0.05) is 6.07 Å². The second-order valence-electron chi connectivity index (χ2n) is 5.90. The number of esters is 1. The summed E-state index contributed by atoms with van der Waals surface area (Å²) in [4.78, 5) is 49.2. The number of hydrogen-bond acceptors (Lipinski definition) is 7. The topological polar surface area (TPSA) is 119 Å². The van der Waals surface area contributed by atoms with Gasteiger partial charge in [-0.3, -0.25) is 14.9 Å². The quantitative estimate of drug-likeness (QED) is 0.430. The summed E-state index contributed by atoms with van der Waals surface area (Å²) in [5.74, 6) is -1.20. The van der Waals surface area contributed by atoms with Crippen LogP contribution < -0.4 is 0 Å². The van der Waals surface area contributed by atoms with Gasteiger partial charge in [0.25, 0.3) is 11.6 Å². The predicted octanol–water partition coefficient (Wildman–Crippen LogP) is 1.36. The number of carbonyl (C=O) groups excluding carboxylic acids is 3. The van der Waals surface area contributed by atoms with E-state index in [0.717, 1.165) is 6.07 Å². The van der Waals surface area contributed by atoms with Crippen molar-refractivity contribution in [2.75, 3.05) is 39.4 Å². The third kappa shape index (κ3) is 5.16. The smallest absolute Gasteiger partial charge is 0.409 e. The van der Waals surface area contributed by atoms with Crippen molar-refractivity contribution in [3.63, 3.8) is 0 Å². The Bertz CT molecular complexity index is 742. The van der Waals surface area contributed by atoms with Gasteiger partial charge in [0.15, 0.2) is 6.61 Å². The molecule has 0 N–H and O–H groups in total. The van der Waals surface area contributed by atoms with Crippen LogP contribution in [-0.4, -0.2) is 72.1 Å². The average molecular weight is 379 g/mol. The number of rotatable bonds is 5. The molecule has 1 aromatic rings. The highest BCUT2D eigenvalue weighted by Crippen LogP contribution is 2.19. The van der Waals surface area contributed by atoms with E-state index in [1.165, 1.54) is 21.9 Å². The van der Waals surface area contributed by atoms with Gasteiger partial charge in [0.1, 0.15) is 0 Å². The van der Waals surface area contributed by atoms with E-state index in [0.29, 0.717) is 31.7 Å². The largest absolute Gasteiger partial charge is 0.452 e. The number of piperazine rings is 1. The van der Waals surface area contributed by atoms with E-state index < -0.39 is 29.5 Å². The Morgan fingerprint density at radius 1 is 1.11 bits per heavy atom. The van der Waals surface area contributed by atoms with Crippen molar-refractivity contribution in [1.82, 2.24) is 9.80 Å². The molecule has 0 atom stereocenters. The lowest BCUT2D eigenvalue weighted by atomic mass is 10.1. The Balaban J connectivity index is 1.85. The van der Waals surface area contributed by atoms with Crippen LogP contribution in [0, 0.1) is 17.0 Å². The first kappa shape index (κ1) is 20.1. The number of nitro benzene ring substituents is 1. The van der Waals surface area contributed by atoms with Crippen LogP contribution in [-0.2, 0) is 14.3 Å². The molecule has 2 rings (SSSR count). The van der Waals surface area contributed by atoms with E-state index in [2.05, 4.69) is 0 Å². The Hall–Kier alpha value is -3.17. The zero-order valence-electron chi connectivity index (χ0n) is 15.2. The van der Waals surface area contributed by atoms with Crippen molar-refractivity contribution in [2.24, 2.45) is 0 Å². The third-order valence-corrected chi connectivity index (χ3v) is 4.13. The van der Waals surface area contributed by atoms with Gasteiger partial charge in [-0.25, -0.2) is 9.59 Å². The van der Waals surface area contributed by atoms with Crippen LogP contribution in [0.2, 0.25) is 0 Å². The van der Waals surface area contributed by atoms with Crippen molar-refractivity contribution < 1.29 is 28.8 Å². The SMILES string of the molecule is CCOC(=O)N1CCN(C(=O)COC(=O)c2ccc(C)c([N+](=O)[O-])c2)CC1. The van der Waals surface area contributed by atoms with Crippen molar-refractivity contribution in [3.8, 4) is 0 Å². The van der Waals surface area contributed by atoms with Crippen LogP contribution in [0.4, 0.5) is 10.5 Å². The average Bonchev–Trinajstić information content (AvgIpc) is 2.66. The van der Waals surface area contributed by atoms with Crippen molar-refractivity contribution in [1.29, 1.82) is 0 Å². The molecule has 2 amide bonds. The maximum absolute atomic E-state index is 12.2. The van der Waals surface area contributed by atoms with Gasteiger partial charge in [0.05, 0.1) is 17.1 Å². The van der Waals surface area contributed by atoms with Gasteiger partial charge in [0.2, 0.25) is 0 Å². The van der Waals surface area contributed by atoms with Crippen LogP contribution in [0.1, 0.15) is 22.8 Å². The van der Waals surface area contributed by atoms with Gasteiger partial charge in [-0.2, -0.15) is 0 Å². The minimum absolute atomic E-state index is 0.00669. The molecule has 1 aliphatic rings. The summed E-state index contributed by atoms with van der Waals surface area (Å²) in [5.41, 5.74) is 0.241. The number of aryl methyl sites for hydroxylation is 1. The summed E-state index contributed by atoms with van der Waals surface area (Å²) in [6.07, 6.45) is -0.419. The van der Waals surface area contributed by atoms with Crippen molar-refractivity contribution >= 4 is 23.7 Å². The summed E-state index contributed by atoms with van der Waals surface area (Å²) in [5, 5.41) is 10.9. The monoisotopic (exact) mass is 379 g/mol.